The molecule has 4 nitrogen and oxygen atoms in total. The Morgan fingerprint density at radius 3 is 1.95 bits per heavy atom. The summed E-state index contributed by atoms with van der Waals surface area (Å²) in [5.74, 6) is 1.39. The van der Waals surface area contributed by atoms with E-state index >= 15 is 0 Å². The summed E-state index contributed by atoms with van der Waals surface area (Å²) in [6, 6.07) is 49.3. The Hall–Kier alpha value is -5.92. The Morgan fingerprint density at radius 2 is 1.35 bits per heavy atom. The summed E-state index contributed by atoms with van der Waals surface area (Å²) in [5, 5.41) is 0. The molecule has 6 aromatic carbocycles. The number of benzene rings is 6. The molecule has 0 bridgehead atoms. The van der Waals surface area contributed by atoms with Gasteiger partial charge in [-0.25, -0.2) is 4.85 Å². The molecule has 2 aromatic heterocycles. The molecule has 0 aliphatic carbocycles. The first-order valence-corrected chi connectivity index (χ1v) is 18.5. The molecule has 1 radical (unpaired) electrons. The Bertz CT molecular complexity index is 2960. The van der Waals surface area contributed by atoms with E-state index in [-0.39, 0.29) is 54.3 Å². The minimum atomic E-state index is -2.61. The van der Waals surface area contributed by atoms with Crippen LogP contribution in [-0.4, -0.2) is 14.5 Å². The van der Waals surface area contributed by atoms with E-state index in [4.69, 9.17) is 23.9 Å². The fraction of sp³-hybridized carbons (Fsp3) is 0.173. The van der Waals surface area contributed by atoms with Crippen LogP contribution in [0, 0.1) is 39.3 Å². The molecule has 0 N–H and O–H groups in total. The van der Waals surface area contributed by atoms with Crippen LogP contribution in [0.2, 0.25) is 0 Å². The summed E-state index contributed by atoms with van der Waals surface area (Å²) in [7, 11) is 0. The predicted octanol–water partition coefficient (Wildman–Crippen LogP) is 14.1. The molecule has 0 amide bonds. The maximum atomic E-state index is 7.54. The maximum absolute atomic E-state index is 7.54. The third-order valence-corrected chi connectivity index (χ3v) is 9.67. The van der Waals surface area contributed by atoms with E-state index < -0.39 is 20.6 Å². The van der Waals surface area contributed by atoms with E-state index in [0.29, 0.717) is 11.3 Å². The zero-order chi connectivity index (χ0) is 46.8. The number of aromatic nitrogens is 3. The zero-order valence-electron chi connectivity index (χ0n) is 41.1. The molecule has 0 fully saturated rings. The van der Waals surface area contributed by atoms with Gasteiger partial charge in [0.05, 0.1) is 23.4 Å². The fourth-order valence-electron chi connectivity index (χ4n) is 6.74. The third-order valence-electron chi connectivity index (χ3n) is 9.67. The van der Waals surface area contributed by atoms with Crippen molar-refractivity contribution in [3.05, 3.63) is 191 Å². The van der Waals surface area contributed by atoms with Crippen molar-refractivity contribution >= 4 is 16.7 Å². The van der Waals surface area contributed by atoms with Crippen LogP contribution in [-0.2, 0) is 20.1 Å². The summed E-state index contributed by atoms with van der Waals surface area (Å²) in [6.07, 6.45) is 1.02. The molecular formula is C52H46IrN4-2. The molecule has 0 atom stereocenters. The fourth-order valence-corrected chi connectivity index (χ4v) is 6.74. The van der Waals surface area contributed by atoms with Crippen molar-refractivity contribution in [1.29, 1.82) is 0 Å². The molecule has 0 unspecified atom stereocenters. The monoisotopic (exact) mass is 928 g/mol. The summed E-state index contributed by atoms with van der Waals surface area (Å²) in [6.45, 7) is 9.11. The molecule has 0 saturated carbocycles. The Kier molecular flexibility index (Phi) is 9.50. The van der Waals surface area contributed by atoms with E-state index in [1.54, 1.807) is 0 Å². The van der Waals surface area contributed by atoms with Crippen LogP contribution in [0.1, 0.15) is 79.7 Å². The number of pyridine rings is 1. The van der Waals surface area contributed by atoms with Gasteiger partial charge in [-0.05, 0) is 94.4 Å². The van der Waals surface area contributed by atoms with Gasteiger partial charge in [-0.15, -0.1) is 71.3 Å². The summed E-state index contributed by atoms with van der Waals surface area (Å²) in [4.78, 5) is 12.7. The average molecular weight is 928 g/mol. The van der Waals surface area contributed by atoms with E-state index in [1.807, 2.05) is 36.4 Å². The average Bonchev–Trinajstić information content (AvgIpc) is 3.67. The number of fused-ring (bicyclic) bond motifs is 1. The number of hydrogen-bond donors (Lipinski definition) is 0. The van der Waals surface area contributed by atoms with Gasteiger partial charge in [-0.2, -0.15) is 0 Å². The second kappa shape index (κ2) is 17.9. The van der Waals surface area contributed by atoms with Crippen molar-refractivity contribution in [1.82, 2.24) is 14.5 Å². The molecule has 2 heterocycles. The normalized spacial score (nSPS) is 13.9. The Balaban J connectivity index is 0.000000247. The number of aryl methyl sites for hydroxylation is 3. The molecule has 285 valence electrons. The van der Waals surface area contributed by atoms with E-state index in [1.165, 1.54) is 63.3 Å². The zero-order valence-corrected chi connectivity index (χ0v) is 34.5. The predicted molar refractivity (Wildman–Crippen MR) is 233 cm³/mol. The summed E-state index contributed by atoms with van der Waals surface area (Å²) in [5.41, 5.74) is 11.9. The Morgan fingerprint density at radius 1 is 0.667 bits per heavy atom. The van der Waals surface area contributed by atoms with Crippen LogP contribution in [0.3, 0.4) is 0 Å². The molecule has 0 saturated heterocycles. The van der Waals surface area contributed by atoms with Crippen LogP contribution >= 0.6 is 0 Å². The first-order valence-electron chi connectivity index (χ1n) is 23.0. The van der Waals surface area contributed by atoms with Crippen molar-refractivity contribution < 1.29 is 32.4 Å². The third kappa shape index (κ3) is 8.90. The first-order chi connectivity index (χ1) is 30.7. The van der Waals surface area contributed by atoms with Crippen molar-refractivity contribution in [3.63, 3.8) is 0 Å². The second-order valence-corrected chi connectivity index (χ2v) is 14.2. The van der Waals surface area contributed by atoms with Crippen molar-refractivity contribution in [2.75, 3.05) is 0 Å². The first kappa shape index (κ1) is 30.2. The van der Waals surface area contributed by atoms with E-state index in [2.05, 4.69) is 127 Å². The molecule has 0 aliphatic rings. The summed E-state index contributed by atoms with van der Waals surface area (Å²) >= 11 is 0. The molecule has 5 heteroatoms. The van der Waals surface area contributed by atoms with Gasteiger partial charge in [-0.1, -0.05) is 107 Å². The van der Waals surface area contributed by atoms with Gasteiger partial charge in [0.1, 0.15) is 0 Å². The Labute approximate surface area is 364 Å². The molecule has 57 heavy (non-hydrogen) atoms. The second-order valence-electron chi connectivity index (χ2n) is 14.2. The summed E-state index contributed by atoms with van der Waals surface area (Å²) < 4.78 is 69.2. The van der Waals surface area contributed by atoms with Gasteiger partial charge < -0.3 is 9.55 Å². The number of nitrogens with zero attached hydrogens (tertiary/aromatic N) is 4. The van der Waals surface area contributed by atoms with Crippen LogP contribution in [0.4, 0.5) is 5.69 Å². The topological polar surface area (TPSA) is 35.1 Å². The quantitative estimate of drug-likeness (QED) is 0.149. The van der Waals surface area contributed by atoms with Gasteiger partial charge >= 0.3 is 0 Å². The minimum Gasteiger partial charge on any atom is -0.333 e. The number of imidazole rings is 1. The largest absolute Gasteiger partial charge is 0.333 e. The standard InChI is InChI=1S/C38H32N3.C14H14N.Ir/c1-25(2)33-22-31(29-18-16-28(17-19-29)27-12-8-6-9-13-27)23-34(26(3)4)37(33)41-36-21-20-32(39-5)24-35(36)40-38(41)30-14-10-7-11-15-30;1-10-4-6-13(7-5-10)14-8-11(2)12(3)9-15-14;/h6-14,16-26H,1-4H3;4-6,8-9H,1-3H3;/q2*-1;/i;1D3,2D3,3D3;. The number of hydrogen-bond acceptors (Lipinski definition) is 2. The minimum absolute atomic E-state index is 0. The van der Waals surface area contributed by atoms with Gasteiger partial charge in [0.25, 0.3) is 0 Å². The van der Waals surface area contributed by atoms with Gasteiger partial charge in [-0.3, -0.25) is 4.98 Å². The van der Waals surface area contributed by atoms with Gasteiger partial charge in [0.2, 0.25) is 0 Å². The van der Waals surface area contributed by atoms with E-state index in [0.717, 1.165) is 28.6 Å². The van der Waals surface area contributed by atoms with Crippen LogP contribution in [0.25, 0.3) is 66.5 Å². The molecule has 0 aliphatic heterocycles. The molecule has 8 rings (SSSR count). The molecular weight excluding hydrogens is 873 g/mol. The SMILES string of the molecule is [2H]C([2H])([2H])c1c[c-]c(-c2cc(C([2H])([2H])[2H])c(C([2H])([2H])[2H])cn2)cc1.[C-]#[N+]c1ccc2c(c1)nc(-c1[c-]cccc1)n2-c1c(C(C)C)cc(-c2ccc(-c3ccccc3)cc2)cc1C(C)C.[Ir]. The smallest absolute Gasteiger partial charge is 0.189 e. The maximum Gasteiger partial charge on any atom is 0.189 e. The van der Waals surface area contributed by atoms with Crippen LogP contribution in [0.5, 0.6) is 0 Å². The van der Waals surface area contributed by atoms with Crippen LogP contribution < -0.4 is 0 Å². The molecule has 0 spiro atoms. The van der Waals surface area contributed by atoms with Crippen LogP contribution in [0.15, 0.2) is 140 Å². The van der Waals surface area contributed by atoms with E-state index in [9.17, 15) is 0 Å². The van der Waals surface area contributed by atoms with Gasteiger partial charge in [0.15, 0.2) is 5.69 Å². The van der Waals surface area contributed by atoms with Crippen molar-refractivity contribution in [2.24, 2.45) is 0 Å². The number of rotatable bonds is 7. The van der Waals surface area contributed by atoms with Gasteiger partial charge in [0, 0.05) is 44.3 Å². The van der Waals surface area contributed by atoms with Crippen molar-refractivity contribution in [3.8, 4) is 50.6 Å². The molecule has 8 aromatic rings. The van der Waals surface area contributed by atoms with Crippen molar-refractivity contribution in [2.45, 2.75) is 60.1 Å².